The number of hydrogen-bond acceptors (Lipinski definition) is 2. The first-order chi connectivity index (χ1) is 5.24. The van der Waals surface area contributed by atoms with E-state index in [2.05, 4.69) is 6.07 Å². The van der Waals surface area contributed by atoms with E-state index in [0.29, 0.717) is 5.75 Å². The van der Waals surface area contributed by atoms with Gasteiger partial charge in [0.05, 0.1) is 12.7 Å². The van der Waals surface area contributed by atoms with Crippen molar-refractivity contribution in [2.24, 2.45) is 0 Å². The van der Waals surface area contributed by atoms with Crippen LogP contribution in [0.1, 0.15) is 10.4 Å². The largest absolute Gasteiger partial charge is 0.497 e. The van der Waals surface area contributed by atoms with E-state index in [0.717, 1.165) is 0 Å². The van der Waals surface area contributed by atoms with E-state index in [-0.39, 0.29) is 5.56 Å². The van der Waals surface area contributed by atoms with Crippen LogP contribution < -0.4 is 4.74 Å². The van der Waals surface area contributed by atoms with Crippen LogP contribution in [0, 0.1) is 6.07 Å². The SMILES string of the molecule is COc1c[c]cc(C(=O)O)c1. The van der Waals surface area contributed by atoms with E-state index in [1.165, 1.54) is 19.2 Å². The van der Waals surface area contributed by atoms with Crippen molar-refractivity contribution in [1.29, 1.82) is 0 Å². The van der Waals surface area contributed by atoms with Crippen LogP contribution in [0.25, 0.3) is 0 Å². The van der Waals surface area contributed by atoms with Crippen molar-refractivity contribution in [3.05, 3.63) is 29.8 Å². The van der Waals surface area contributed by atoms with Gasteiger partial charge in [-0.05, 0) is 24.3 Å². The van der Waals surface area contributed by atoms with Crippen molar-refractivity contribution in [2.75, 3.05) is 7.11 Å². The van der Waals surface area contributed by atoms with Gasteiger partial charge in [-0.2, -0.15) is 0 Å². The molecule has 3 heteroatoms. The molecule has 0 aliphatic heterocycles. The van der Waals surface area contributed by atoms with E-state index < -0.39 is 5.97 Å². The standard InChI is InChI=1S/C8H7O3/c1-11-7-4-2-3-6(5-7)8(9)10/h3-5H,1H3,(H,9,10). The Kier molecular flexibility index (Phi) is 2.11. The summed E-state index contributed by atoms with van der Waals surface area (Å²) < 4.78 is 4.81. The smallest absolute Gasteiger partial charge is 0.335 e. The highest BCUT2D eigenvalue weighted by atomic mass is 16.5. The Morgan fingerprint density at radius 3 is 2.91 bits per heavy atom. The molecule has 11 heavy (non-hydrogen) atoms. The fraction of sp³-hybridized carbons (Fsp3) is 0.125. The van der Waals surface area contributed by atoms with Gasteiger partial charge in [-0.1, -0.05) is 0 Å². The van der Waals surface area contributed by atoms with Gasteiger partial charge in [-0.15, -0.1) is 0 Å². The highest BCUT2D eigenvalue weighted by Crippen LogP contribution is 2.11. The molecule has 0 aliphatic carbocycles. The Morgan fingerprint density at radius 2 is 2.36 bits per heavy atom. The van der Waals surface area contributed by atoms with Crippen LogP contribution >= 0.6 is 0 Å². The van der Waals surface area contributed by atoms with E-state index in [1.54, 1.807) is 6.07 Å². The molecule has 0 bridgehead atoms. The predicted octanol–water partition coefficient (Wildman–Crippen LogP) is 1.19. The molecular weight excluding hydrogens is 144 g/mol. The van der Waals surface area contributed by atoms with E-state index in [9.17, 15) is 4.79 Å². The Hall–Kier alpha value is -1.51. The summed E-state index contributed by atoms with van der Waals surface area (Å²) in [5, 5.41) is 8.53. The highest BCUT2D eigenvalue weighted by molar-refractivity contribution is 5.87. The number of rotatable bonds is 2. The van der Waals surface area contributed by atoms with Crippen LogP contribution in [0.15, 0.2) is 18.2 Å². The van der Waals surface area contributed by atoms with Crippen LogP contribution in [0.2, 0.25) is 0 Å². The van der Waals surface area contributed by atoms with Crippen LogP contribution in [0.3, 0.4) is 0 Å². The minimum atomic E-state index is -0.972. The number of carbonyl (C=O) groups is 1. The zero-order chi connectivity index (χ0) is 8.27. The Balaban J connectivity index is 3.01. The van der Waals surface area contributed by atoms with Crippen molar-refractivity contribution in [3.8, 4) is 5.75 Å². The van der Waals surface area contributed by atoms with Crippen molar-refractivity contribution < 1.29 is 14.6 Å². The van der Waals surface area contributed by atoms with Gasteiger partial charge in [0.15, 0.2) is 0 Å². The molecule has 0 fully saturated rings. The Labute approximate surface area is 64.2 Å². The molecule has 1 aromatic rings. The molecule has 0 spiro atoms. The summed E-state index contributed by atoms with van der Waals surface area (Å²) in [5.41, 5.74) is 0.185. The third-order valence-electron chi connectivity index (χ3n) is 1.24. The maximum atomic E-state index is 10.4. The first kappa shape index (κ1) is 7.60. The molecule has 0 heterocycles. The first-order valence-electron chi connectivity index (χ1n) is 3.02. The zero-order valence-electron chi connectivity index (χ0n) is 6.00. The van der Waals surface area contributed by atoms with Gasteiger partial charge in [-0.25, -0.2) is 4.79 Å². The molecule has 1 N–H and O–H groups in total. The Bertz CT molecular complexity index is 268. The lowest BCUT2D eigenvalue weighted by atomic mass is 10.2. The third-order valence-corrected chi connectivity index (χ3v) is 1.24. The number of aromatic carboxylic acids is 1. The minimum Gasteiger partial charge on any atom is -0.497 e. The lowest BCUT2D eigenvalue weighted by molar-refractivity contribution is 0.0696. The van der Waals surface area contributed by atoms with Crippen LogP contribution in [0.5, 0.6) is 5.75 Å². The average Bonchev–Trinajstić information content (AvgIpc) is 2.05. The minimum absolute atomic E-state index is 0.185. The summed E-state index contributed by atoms with van der Waals surface area (Å²) in [7, 11) is 1.48. The molecule has 0 unspecified atom stereocenters. The summed E-state index contributed by atoms with van der Waals surface area (Å²) in [6, 6.07) is 7.07. The molecule has 1 aromatic carbocycles. The van der Waals surface area contributed by atoms with Gasteiger partial charge in [-0.3, -0.25) is 0 Å². The summed E-state index contributed by atoms with van der Waals surface area (Å²) in [6.45, 7) is 0. The average molecular weight is 151 g/mol. The van der Waals surface area contributed by atoms with Crippen LogP contribution in [-0.2, 0) is 0 Å². The van der Waals surface area contributed by atoms with Gasteiger partial charge < -0.3 is 9.84 Å². The van der Waals surface area contributed by atoms with Gasteiger partial charge in [0.1, 0.15) is 5.75 Å². The fourth-order valence-corrected chi connectivity index (χ4v) is 0.692. The summed E-state index contributed by atoms with van der Waals surface area (Å²) in [6.07, 6.45) is 0. The molecule has 3 nitrogen and oxygen atoms in total. The van der Waals surface area contributed by atoms with E-state index in [4.69, 9.17) is 9.84 Å². The number of carboxylic acids is 1. The van der Waals surface area contributed by atoms with Gasteiger partial charge in [0.2, 0.25) is 0 Å². The molecule has 57 valence electrons. The Morgan fingerprint density at radius 1 is 1.64 bits per heavy atom. The quantitative estimate of drug-likeness (QED) is 0.690. The normalized spacial score (nSPS) is 9.18. The zero-order valence-corrected chi connectivity index (χ0v) is 6.00. The lowest BCUT2D eigenvalue weighted by Gasteiger charge is -1.98. The summed E-state index contributed by atoms with van der Waals surface area (Å²) in [5.74, 6) is -0.468. The molecule has 1 rings (SSSR count). The fourth-order valence-electron chi connectivity index (χ4n) is 0.692. The maximum Gasteiger partial charge on any atom is 0.335 e. The van der Waals surface area contributed by atoms with Gasteiger partial charge in [0.25, 0.3) is 0 Å². The summed E-state index contributed by atoms with van der Waals surface area (Å²) in [4.78, 5) is 10.4. The van der Waals surface area contributed by atoms with Crippen molar-refractivity contribution in [2.45, 2.75) is 0 Å². The predicted molar refractivity (Wildman–Crippen MR) is 38.8 cm³/mol. The number of ether oxygens (including phenoxy) is 1. The van der Waals surface area contributed by atoms with Gasteiger partial charge in [0, 0.05) is 0 Å². The number of benzene rings is 1. The molecule has 0 atom stereocenters. The molecular formula is C8H7O3. The molecule has 0 saturated heterocycles. The van der Waals surface area contributed by atoms with E-state index in [1.807, 2.05) is 0 Å². The van der Waals surface area contributed by atoms with Gasteiger partial charge >= 0.3 is 5.97 Å². The monoisotopic (exact) mass is 151 g/mol. The second kappa shape index (κ2) is 3.05. The first-order valence-corrected chi connectivity index (χ1v) is 3.02. The highest BCUT2D eigenvalue weighted by Gasteiger charge is 2.01. The molecule has 0 saturated carbocycles. The van der Waals surface area contributed by atoms with Crippen LogP contribution in [-0.4, -0.2) is 18.2 Å². The number of methoxy groups -OCH3 is 1. The summed E-state index contributed by atoms with van der Waals surface area (Å²) >= 11 is 0. The third kappa shape index (κ3) is 1.70. The van der Waals surface area contributed by atoms with Crippen molar-refractivity contribution in [3.63, 3.8) is 0 Å². The molecule has 1 radical (unpaired) electrons. The molecule has 0 amide bonds. The second-order valence-electron chi connectivity index (χ2n) is 1.97. The maximum absolute atomic E-state index is 10.4. The molecule has 0 aromatic heterocycles. The number of hydrogen-bond donors (Lipinski definition) is 1. The lowest BCUT2D eigenvalue weighted by Crippen LogP contribution is -1.96. The second-order valence-corrected chi connectivity index (χ2v) is 1.97. The van der Waals surface area contributed by atoms with Crippen LogP contribution in [0.4, 0.5) is 0 Å². The van der Waals surface area contributed by atoms with E-state index >= 15 is 0 Å². The van der Waals surface area contributed by atoms with Crippen molar-refractivity contribution >= 4 is 5.97 Å². The number of carboxylic acid groups (broad SMARTS) is 1. The molecule has 0 aliphatic rings. The van der Waals surface area contributed by atoms with Crippen molar-refractivity contribution in [1.82, 2.24) is 0 Å². The topological polar surface area (TPSA) is 46.5 Å².